The van der Waals surface area contributed by atoms with Crippen molar-refractivity contribution in [2.75, 3.05) is 0 Å². The number of nitrogens with zero attached hydrogens (tertiary/aromatic N) is 4. The van der Waals surface area contributed by atoms with Crippen LogP contribution in [0.1, 0.15) is 20.8 Å². The van der Waals surface area contributed by atoms with Crippen molar-refractivity contribution in [3.63, 3.8) is 0 Å². The minimum Gasteiger partial charge on any atom is -0.478 e. The molecule has 0 saturated carbocycles. The molecule has 0 aliphatic heterocycles. The van der Waals surface area contributed by atoms with Gasteiger partial charge in [0.2, 0.25) is 0 Å². The van der Waals surface area contributed by atoms with E-state index in [9.17, 15) is 9.59 Å². The summed E-state index contributed by atoms with van der Waals surface area (Å²) in [6.45, 7) is 5.23. The largest absolute Gasteiger partial charge is 0.478 e. The molecule has 0 aliphatic carbocycles. The zero-order chi connectivity index (χ0) is 12.5. The summed E-state index contributed by atoms with van der Waals surface area (Å²) in [7, 11) is 1.44. The third-order valence-corrected chi connectivity index (χ3v) is 2.03. The molecule has 7 heteroatoms. The van der Waals surface area contributed by atoms with Gasteiger partial charge >= 0.3 is 11.7 Å². The van der Waals surface area contributed by atoms with Crippen LogP contribution >= 0.6 is 0 Å². The zero-order valence-electron chi connectivity index (χ0n) is 9.63. The Morgan fingerprint density at radius 2 is 1.94 bits per heavy atom. The van der Waals surface area contributed by atoms with Gasteiger partial charge in [-0.2, -0.15) is 9.36 Å². The van der Waals surface area contributed by atoms with Gasteiger partial charge in [0.15, 0.2) is 0 Å². The normalized spacial score (nSPS) is 12.9. The molecule has 1 N–H and O–H groups in total. The summed E-state index contributed by atoms with van der Waals surface area (Å²) in [6, 6.07) is 0. The molecule has 0 saturated heterocycles. The van der Waals surface area contributed by atoms with Gasteiger partial charge in [-0.05, 0) is 15.8 Å². The Hall–Kier alpha value is -1.92. The van der Waals surface area contributed by atoms with Gasteiger partial charge in [0.1, 0.15) is 0 Å². The van der Waals surface area contributed by atoms with Crippen LogP contribution in [0.15, 0.2) is 10.4 Å². The number of hydrogen-bond donors (Lipinski definition) is 1. The van der Waals surface area contributed by atoms with Crippen LogP contribution in [0.5, 0.6) is 0 Å². The minimum absolute atomic E-state index is 0.0927. The summed E-state index contributed by atoms with van der Waals surface area (Å²) in [5.41, 5.74) is -0.971. The first-order chi connectivity index (χ1) is 7.23. The summed E-state index contributed by atoms with van der Waals surface area (Å²) in [6.07, 6.45) is 1.19. The van der Waals surface area contributed by atoms with Crippen molar-refractivity contribution < 1.29 is 9.90 Å². The van der Waals surface area contributed by atoms with Crippen LogP contribution in [0.25, 0.3) is 6.20 Å². The molecular weight excluding hydrogens is 212 g/mol. The van der Waals surface area contributed by atoms with E-state index >= 15 is 0 Å². The number of rotatable bonds is 2. The van der Waals surface area contributed by atoms with E-state index in [2.05, 4.69) is 10.4 Å². The Kier molecular flexibility index (Phi) is 2.97. The second-order valence-electron chi connectivity index (χ2n) is 4.43. The van der Waals surface area contributed by atoms with Gasteiger partial charge in [-0.25, -0.2) is 9.59 Å². The van der Waals surface area contributed by atoms with Crippen molar-refractivity contribution in [1.29, 1.82) is 0 Å². The number of carbonyl (C=O) groups is 1. The second kappa shape index (κ2) is 3.92. The molecule has 0 spiro atoms. The Bertz CT molecular complexity index is 490. The Balaban J connectivity index is 3.29. The Labute approximate surface area is 92.0 Å². The molecular formula is C9H14N4O3. The lowest BCUT2D eigenvalue weighted by molar-refractivity contribution is -0.133. The average molecular weight is 226 g/mol. The molecule has 0 bridgehead atoms. The van der Waals surface area contributed by atoms with E-state index in [1.807, 2.05) is 0 Å². The smallest absolute Gasteiger partial charge is 0.367 e. The molecule has 0 fully saturated rings. The van der Waals surface area contributed by atoms with Crippen molar-refractivity contribution in [2.24, 2.45) is 12.5 Å². The first-order valence-electron chi connectivity index (χ1n) is 4.67. The first kappa shape index (κ1) is 12.2. The van der Waals surface area contributed by atoms with Crippen LogP contribution < -0.4 is 5.69 Å². The highest BCUT2D eigenvalue weighted by Crippen LogP contribution is 2.25. The third-order valence-electron chi connectivity index (χ3n) is 2.03. The van der Waals surface area contributed by atoms with Gasteiger partial charge < -0.3 is 5.11 Å². The van der Waals surface area contributed by atoms with Gasteiger partial charge in [0.25, 0.3) is 0 Å². The number of aliphatic carboxylic acids is 1. The number of aryl methyl sites for hydroxylation is 1. The lowest BCUT2D eigenvalue weighted by atomic mass is 9.87. The van der Waals surface area contributed by atoms with Gasteiger partial charge in [-0.3, -0.25) is 0 Å². The van der Waals surface area contributed by atoms with Crippen LogP contribution in [-0.2, 0) is 11.8 Å². The van der Waals surface area contributed by atoms with Crippen LogP contribution in [0.4, 0.5) is 0 Å². The van der Waals surface area contributed by atoms with E-state index in [0.29, 0.717) is 0 Å². The van der Waals surface area contributed by atoms with E-state index in [-0.39, 0.29) is 5.57 Å². The Morgan fingerprint density at radius 1 is 1.38 bits per heavy atom. The predicted octanol–water partition coefficient (Wildman–Crippen LogP) is -0.0516. The summed E-state index contributed by atoms with van der Waals surface area (Å²) in [5, 5.41) is 16.0. The molecule has 1 aromatic rings. The van der Waals surface area contributed by atoms with E-state index in [4.69, 9.17) is 5.11 Å². The molecule has 0 unspecified atom stereocenters. The maximum Gasteiger partial charge on any atom is 0.367 e. The fourth-order valence-electron chi connectivity index (χ4n) is 1.10. The number of hydrogen-bond acceptors (Lipinski definition) is 4. The van der Waals surface area contributed by atoms with Crippen molar-refractivity contribution in [3.05, 3.63) is 16.1 Å². The van der Waals surface area contributed by atoms with Crippen molar-refractivity contribution >= 4 is 12.2 Å². The summed E-state index contributed by atoms with van der Waals surface area (Å²) >= 11 is 0. The zero-order valence-corrected chi connectivity index (χ0v) is 9.63. The predicted molar refractivity (Wildman–Crippen MR) is 56.6 cm³/mol. The monoisotopic (exact) mass is 226 g/mol. The maximum absolute atomic E-state index is 11.4. The molecule has 7 nitrogen and oxygen atoms in total. The quantitative estimate of drug-likeness (QED) is 0.714. The van der Waals surface area contributed by atoms with E-state index in [1.165, 1.54) is 13.2 Å². The molecule has 16 heavy (non-hydrogen) atoms. The number of aromatic nitrogens is 4. The highest BCUT2D eigenvalue weighted by molar-refractivity contribution is 5.91. The van der Waals surface area contributed by atoms with Crippen molar-refractivity contribution in [1.82, 2.24) is 19.8 Å². The highest BCUT2D eigenvalue weighted by Gasteiger charge is 2.24. The molecule has 0 atom stereocenters. The summed E-state index contributed by atoms with van der Waals surface area (Å²) in [5.74, 6) is -1.08. The topological polar surface area (TPSA) is 90.0 Å². The maximum atomic E-state index is 11.4. The highest BCUT2D eigenvalue weighted by atomic mass is 16.4. The molecule has 1 aromatic heterocycles. The van der Waals surface area contributed by atoms with Crippen LogP contribution in [0.3, 0.4) is 0 Å². The van der Waals surface area contributed by atoms with Crippen molar-refractivity contribution in [2.45, 2.75) is 20.8 Å². The molecule has 1 heterocycles. The van der Waals surface area contributed by atoms with Gasteiger partial charge in [-0.15, -0.1) is 0 Å². The lowest BCUT2D eigenvalue weighted by Gasteiger charge is -2.18. The molecule has 1 rings (SSSR count). The standard InChI is InChI=1S/C9H14N4O3/c1-9(2,3)6(7(14)15)5-13-8(16)12(4)10-11-13/h5H,1-4H3,(H,14,15)/b6-5-. The van der Waals surface area contributed by atoms with Gasteiger partial charge in [0.05, 0.1) is 5.57 Å². The van der Waals surface area contributed by atoms with Crippen LogP contribution in [-0.4, -0.2) is 30.9 Å². The average Bonchev–Trinajstić information content (AvgIpc) is 2.42. The summed E-state index contributed by atoms with van der Waals surface area (Å²) < 4.78 is 1.94. The second-order valence-corrected chi connectivity index (χ2v) is 4.43. The number of carboxylic acids is 1. The minimum atomic E-state index is -1.08. The molecule has 0 aromatic carbocycles. The first-order valence-corrected chi connectivity index (χ1v) is 4.67. The van der Waals surface area contributed by atoms with Gasteiger partial charge in [-0.1, -0.05) is 20.8 Å². The van der Waals surface area contributed by atoms with Crippen LogP contribution in [0, 0.1) is 5.41 Å². The SMILES string of the molecule is Cn1nnn(/C=C(/C(=O)O)C(C)(C)C)c1=O. The lowest BCUT2D eigenvalue weighted by Crippen LogP contribution is -2.23. The Morgan fingerprint density at radius 3 is 2.25 bits per heavy atom. The fourth-order valence-corrected chi connectivity index (χ4v) is 1.10. The van der Waals surface area contributed by atoms with E-state index < -0.39 is 17.1 Å². The van der Waals surface area contributed by atoms with E-state index in [1.54, 1.807) is 20.8 Å². The number of tetrazole rings is 1. The van der Waals surface area contributed by atoms with Crippen molar-refractivity contribution in [3.8, 4) is 0 Å². The number of carboxylic acid groups (broad SMARTS) is 1. The molecule has 0 radical (unpaired) electrons. The fraction of sp³-hybridized carbons (Fsp3) is 0.556. The molecule has 88 valence electrons. The molecule has 0 amide bonds. The van der Waals surface area contributed by atoms with E-state index in [0.717, 1.165) is 9.36 Å². The summed E-state index contributed by atoms with van der Waals surface area (Å²) in [4.78, 5) is 22.4. The third kappa shape index (κ3) is 2.36. The van der Waals surface area contributed by atoms with Crippen LogP contribution in [0.2, 0.25) is 0 Å². The molecule has 0 aliphatic rings. The van der Waals surface area contributed by atoms with Gasteiger partial charge in [0, 0.05) is 13.2 Å².